The Morgan fingerprint density at radius 2 is 1.72 bits per heavy atom. The van der Waals surface area contributed by atoms with Gasteiger partial charge in [0.1, 0.15) is 23.2 Å². The van der Waals surface area contributed by atoms with E-state index in [1.807, 2.05) is 30.3 Å². The van der Waals surface area contributed by atoms with Gasteiger partial charge in [0.05, 0.1) is 17.1 Å². The van der Waals surface area contributed by atoms with Gasteiger partial charge in [0, 0.05) is 60.4 Å². The van der Waals surface area contributed by atoms with Crippen molar-refractivity contribution >= 4 is 38.0 Å². The van der Waals surface area contributed by atoms with Gasteiger partial charge in [-0.2, -0.15) is 0 Å². The summed E-state index contributed by atoms with van der Waals surface area (Å²) in [5.74, 6) is -2.37. The lowest BCUT2D eigenvalue weighted by Crippen LogP contribution is -2.39. The topological polar surface area (TPSA) is 104 Å². The third-order valence-electron chi connectivity index (χ3n) is 7.60. The first-order valence-electron chi connectivity index (χ1n) is 13.6. The molecule has 5 aromatic rings. The van der Waals surface area contributed by atoms with Crippen molar-refractivity contribution in [3.05, 3.63) is 118 Å². The van der Waals surface area contributed by atoms with Crippen molar-refractivity contribution in [3.8, 4) is 11.1 Å². The largest absolute Gasteiger partial charge is 0.356 e. The van der Waals surface area contributed by atoms with Gasteiger partial charge in [0.2, 0.25) is 5.91 Å². The summed E-state index contributed by atoms with van der Waals surface area (Å²) in [7, 11) is -1.81. The van der Waals surface area contributed by atoms with Crippen molar-refractivity contribution in [1.82, 2.24) is 14.9 Å². The van der Waals surface area contributed by atoms with Crippen LogP contribution in [0, 0.1) is 11.6 Å². The van der Waals surface area contributed by atoms with Gasteiger partial charge >= 0.3 is 0 Å². The van der Waals surface area contributed by atoms with E-state index in [0.29, 0.717) is 39.7 Å². The molecule has 1 aliphatic heterocycles. The molecular formula is C32H28F2N4O4S. The van der Waals surface area contributed by atoms with Gasteiger partial charge in [-0.3, -0.25) is 9.59 Å². The number of aromatic nitrogens is 2. The van der Waals surface area contributed by atoms with Crippen molar-refractivity contribution < 1.29 is 22.0 Å². The van der Waals surface area contributed by atoms with Crippen molar-refractivity contribution in [2.75, 3.05) is 17.7 Å². The van der Waals surface area contributed by atoms with E-state index >= 15 is 4.39 Å². The predicted molar refractivity (Wildman–Crippen MR) is 162 cm³/mol. The molecule has 0 bridgehead atoms. The van der Waals surface area contributed by atoms with Crippen LogP contribution < -0.4 is 15.8 Å². The zero-order valence-corrected chi connectivity index (χ0v) is 24.2. The Morgan fingerprint density at radius 1 is 0.977 bits per heavy atom. The van der Waals surface area contributed by atoms with Gasteiger partial charge in [-0.05, 0) is 41.8 Å². The molecule has 1 amide bonds. The van der Waals surface area contributed by atoms with Crippen LogP contribution in [0.25, 0.3) is 22.0 Å². The van der Waals surface area contributed by atoms with Crippen LogP contribution in [0.2, 0.25) is 0 Å². The molecule has 1 aliphatic rings. The first-order valence-corrected chi connectivity index (χ1v) is 15.7. The Balaban J connectivity index is 1.59. The quantitative estimate of drug-likeness (QED) is 0.276. The minimum Gasteiger partial charge on any atom is -0.356 e. The molecule has 6 rings (SSSR count). The van der Waals surface area contributed by atoms with E-state index < -0.39 is 33.4 Å². The van der Waals surface area contributed by atoms with Crippen LogP contribution in [0.4, 0.5) is 20.2 Å². The molecule has 0 saturated heterocycles. The fraction of sp³-hybridized carbons (Fsp3) is 0.188. The molecule has 3 heterocycles. The monoisotopic (exact) mass is 602 g/mol. The van der Waals surface area contributed by atoms with Crippen LogP contribution in [-0.2, 0) is 33.9 Å². The molecule has 8 nitrogen and oxygen atoms in total. The zero-order valence-electron chi connectivity index (χ0n) is 23.4. The summed E-state index contributed by atoms with van der Waals surface area (Å²) in [5, 5.41) is 3.44. The molecule has 2 N–H and O–H groups in total. The highest BCUT2D eigenvalue weighted by Gasteiger charge is 2.38. The fourth-order valence-corrected chi connectivity index (χ4v) is 6.55. The number of sulfone groups is 1. The van der Waals surface area contributed by atoms with E-state index in [2.05, 4.69) is 10.3 Å². The normalized spacial score (nSPS) is 14.4. The van der Waals surface area contributed by atoms with Crippen LogP contribution in [0.15, 0.2) is 83.9 Å². The molecular weight excluding hydrogens is 574 g/mol. The third kappa shape index (κ3) is 5.32. The number of hydrogen-bond donors (Lipinski definition) is 2. The zero-order chi connectivity index (χ0) is 30.5. The first-order chi connectivity index (χ1) is 20.5. The molecule has 0 saturated carbocycles. The maximum absolute atomic E-state index is 15.6. The molecule has 43 heavy (non-hydrogen) atoms. The molecule has 1 unspecified atom stereocenters. The number of rotatable bonds is 7. The fourth-order valence-electron chi connectivity index (χ4n) is 5.77. The summed E-state index contributed by atoms with van der Waals surface area (Å²) >= 11 is 0. The molecule has 0 spiro atoms. The summed E-state index contributed by atoms with van der Waals surface area (Å²) in [6, 6.07) is 16.5. The number of benzene rings is 3. The lowest BCUT2D eigenvalue weighted by molar-refractivity contribution is -0.122. The summed E-state index contributed by atoms with van der Waals surface area (Å²) in [4.78, 5) is 31.8. The number of H-pyrrole nitrogens is 1. The van der Waals surface area contributed by atoms with Crippen LogP contribution in [0.1, 0.15) is 22.7 Å². The van der Waals surface area contributed by atoms with E-state index in [9.17, 15) is 22.4 Å². The molecule has 0 aliphatic carbocycles. The Labute approximate surface area is 246 Å². The number of aryl methyl sites for hydroxylation is 1. The van der Waals surface area contributed by atoms with Crippen molar-refractivity contribution in [2.45, 2.75) is 18.2 Å². The average molecular weight is 603 g/mol. The number of aromatic amines is 1. The Morgan fingerprint density at radius 3 is 2.44 bits per heavy atom. The highest BCUT2D eigenvalue weighted by atomic mass is 32.2. The highest BCUT2D eigenvalue weighted by Crippen LogP contribution is 2.49. The molecule has 0 radical (unpaired) electrons. The number of hydrogen-bond acceptors (Lipinski definition) is 5. The maximum atomic E-state index is 15.6. The summed E-state index contributed by atoms with van der Waals surface area (Å²) in [6.07, 6.45) is 4.87. The SMILES string of the molecule is Cn1cc2c3c(c[nH]c3c1=O)C(C(=O)NCCc1ccccc1)N(c1ccc(F)cc1F)c1ccc(CS(C)(=O)=O)cc1-2. The first kappa shape index (κ1) is 28.4. The number of fused-ring (bicyclic) bond motifs is 2. The number of pyridine rings is 1. The highest BCUT2D eigenvalue weighted by molar-refractivity contribution is 7.89. The maximum Gasteiger partial charge on any atom is 0.274 e. The molecule has 1 atom stereocenters. The number of nitrogens with one attached hydrogen (secondary N) is 2. The van der Waals surface area contributed by atoms with Crippen molar-refractivity contribution in [3.63, 3.8) is 0 Å². The Hall–Kier alpha value is -4.77. The van der Waals surface area contributed by atoms with Gasteiger partial charge in [-0.1, -0.05) is 36.4 Å². The van der Waals surface area contributed by atoms with Crippen molar-refractivity contribution in [1.29, 1.82) is 0 Å². The number of nitrogens with zero attached hydrogens (tertiary/aromatic N) is 2. The number of carbonyl (C=O) groups excluding carboxylic acids is 1. The van der Waals surface area contributed by atoms with Gasteiger partial charge in [0.15, 0.2) is 9.84 Å². The van der Waals surface area contributed by atoms with Gasteiger partial charge in [-0.25, -0.2) is 17.2 Å². The number of halogens is 2. The summed E-state index contributed by atoms with van der Waals surface area (Å²) < 4.78 is 55.5. The number of amides is 1. The minimum atomic E-state index is -3.40. The van der Waals surface area contributed by atoms with E-state index in [1.165, 1.54) is 15.5 Å². The number of carbonyl (C=O) groups is 1. The van der Waals surface area contributed by atoms with E-state index in [4.69, 9.17) is 0 Å². The van der Waals surface area contributed by atoms with Gasteiger partial charge < -0.3 is 19.8 Å². The predicted octanol–water partition coefficient (Wildman–Crippen LogP) is 4.91. The van der Waals surface area contributed by atoms with Crippen LogP contribution in [0.5, 0.6) is 0 Å². The third-order valence-corrected chi connectivity index (χ3v) is 8.46. The molecule has 220 valence electrons. The van der Waals surface area contributed by atoms with E-state index in [0.717, 1.165) is 24.0 Å². The smallest absolute Gasteiger partial charge is 0.274 e. The van der Waals surface area contributed by atoms with Gasteiger partial charge in [-0.15, -0.1) is 0 Å². The second-order valence-electron chi connectivity index (χ2n) is 10.8. The summed E-state index contributed by atoms with van der Waals surface area (Å²) in [5.41, 5.74) is 3.22. The second kappa shape index (κ2) is 10.8. The van der Waals surface area contributed by atoms with Crippen LogP contribution in [-0.4, -0.2) is 36.7 Å². The molecule has 3 aromatic carbocycles. The summed E-state index contributed by atoms with van der Waals surface area (Å²) in [6.45, 7) is 0.288. The van der Waals surface area contributed by atoms with Crippen LogP contribution >= 0.6 is 0 Å². The van der Waals surface area contributed by atoms with Crippen molar-refractivity contribution in [2.24, 2.45) is 7.05 Å². The van der Waals surface area contributed by atoms with Gasteiger partial charge in [0.25, 0.3) is 5.56 Å². The Kier molecular flexibility index (Phi) is 7.13. The van der Waals surface area contributed by atoms with E-state index in [1.54, 1.807) is 37.6 Å². The lowest BCUT2D eigenvalue weighted by atomic mass is 9.98. The lowest BCUT2D eigenvalue weighted by Gasteiger charge is -2.33. The Bertz CT molecular complexity index is 2060. The minimum absolute atomic E-state index is 0.0596. The standard InChI is InChI=1S/C32H28F2N4O4S/c1-37-17-24-22-14-20(18-43(2,41)42)8-10-26(22)38(27-11-9-21(33)15-25(27)34)30(23-16-36-29(28(23)24)32(37)40)31(39)35-13-12-19-6-4-3-5-7-19/h3-11,14-17,30,36H,12-13,18H2,1-2H3,(H,35,39). The molecule has 2 aromatic heterocycles. The van der Waals surface area contributed by atoms with E-state index in [-0.39, 0.29) is 29.1 Å². The molecule has 0 fully saturated rings. The van der Waals surface area contributed by atoms with Crippen LogP contribution in [0.3, 0.4) is 0 Å². The average Bonchev–Trinajstić information content (AvgIpc) is 3.34. The number of anilines is 2. The second-order valence-corrected chi connectivity index (χ2v) is 12.9. The molecule has 11 heteroatoms.